The number of carbonyl (C=O) groups is 3. The summed E-state index contributed by atoms with van der Waals surface area (Å²) in [6, 6.07) is 16.0. The van der Waals surface area contributed by atoms with Crippen molar-refractivity contribution in [2.75, 3.05) is 0 Å². The van der Waals surface area contributed by atoms with E-state index >= 15 is 0 Å². The third-order valence-corrected chi connectivity index (χ3v) is 6.25. The molecule has 2 fully saturated rings. The van der Waals surface area contributed by atoms with Gasteiger partial charge >= 0.3 is 0 Å². The molecule has 1 saturated carbocycles. The molecule has 0 spiro atoms. The maximum Gasteiger partial charge on any atom is 0.274 e. The summed E-state index contributed by atoms with van der Waals surface area (Å²) in [5.74, 6) is -1.28. The first-order valence-corrected chi connectivity index (χ1v) is 10.3. The van der Waals surface area contributed by atoms with Crippen molar-refractivity contribution in [3.05, 3.63) is 70.7 Å². The van der Waals surface area contributed by atoms with Crippen molar-refractivity contribution in [1.82, 2.24) is 10.0 Å². The maximum atomic E-state index is 13.4. The third kappa shape index (κ3) is 3.67. The number of hydrazine groups is 1. The van der Waals surface area contributed by atoms with Gasteiger partial charge in [0.1, 0.15) is 0 Å². The quantitative estimate of drug-likeness (QED) is 0.705. The first-order chi connectivity index (χ1) is 14.0. The van der Waals surface area contributed by atoms with Crippen LogP contribution in [-0.4, -0.2) is 27.7 Å². The molecule has 2 aromatic carbocycles. The number of hydrogen-bond donors (Lipinski definition) is 0. The van der Waals surface area contributed by atoms with Crippen molar-refractivity contribution in [1.29, 1.82) is 0 Å². The topological polar surface area (TPSA) is 57.7 Å². The number of benzene rings is 2. The zero-order valence-corrected chi connectivity index (χ0v) is 17.0. The van der Waals surface area contributed by atoms with E-state index in [1.54, 1.807) is 24.3 Å². The number of halogens is 1. The van der Waals surface area contributed by atoms with Gasteiger partial charge in [0.05, 0.1) is 29.0 Å². The van der Waals surface area contributed by atoms with E-state index in [0.717, 1.165) is 17.0 Å². The molecule has 3 amide bonds. The first-order valence-electron chi connectivity index (χ1n) is 9.95. The molecule has 0 radical (unpaired) electrons. The van der Waals surface area contributed by atoms with Crippen LogP contribution in [0.3, 0.4) is 0 Å². The molecule has 1 aliphatic carbocycles. The summed E-state index contributed by atoms with van der Waals surface area (Å²) < 4.78 is 0. The Morgan fingerprint density at radius 3 is 2.38 bits per heavy atom. The number of rotatable bonds is 4. The third-order valence-electron chi connectivity index (χ3n) is 5.92. The first kappa shape index (κ1) is 19.6. The summed E-state index contributed by atoms with van der Waals surface area (Å²) in [5, 5.41) is 2.65. The van der Waals surface area contributed by atoms with E-state index in [-0.39, 0.29) is 35.8 Å². The lowest BCUT2D eigenvalue weighted by Crippen LogP contribution is -2.49. The van der Waals surface area contributed by atoms with Crippen molar-refractivity contribution in [3.63, 3.8) is 0 Å². The summed E-state index contributed by atoms with van der Waals surface area (Å²) in [4.78, 5) is 39.8. The van der Waals surface area contributed by atoms with Gasteiger partial charge in [-0.3, -0.25) is 14.4 Å². The van der Waals surface area contributed by atoms with Crippen LogP contribution in [0.4, 0.5) is 0 Å². The van der Waals surface area contributed by atoms with Gasteiger partial charge in [-0.25, -0.2) is 5.01 Å². The van der Waals surface area contributed by atoms with Crippen LogP contribution in [0, 0.1) is 17.8 Å². The summed E-state index contributed by atoms with van der Waals surface area (Å²) >= 11 is 6.25. The van der Waals surface area contributed by atoms with Gasteiger partial charge in [-0.2, -0.15) is 5.01 Å². The van der Waals surface area contributed by atoms with E-state index in [4.69, 9.17) is 11.6 Å². The zero-order valence-electron chi connectivity index (χ0n) is 16.3. The van der Waals surface area contributed by atoms with Gasteiger partial charge in [-0.05, 0) is 42.9 Å². The molecule has 2 aliphatic rings. The molecule has 0 N–H and O–H groups in total. The summed E-state index contributed by atoms with van der Waals surface area (Å²) in [5.41, 5.74) is 1.10. The van der Waals surface area contributed by atoms with Crippen LogP contribution in [0.25, 0.3) is 0 Å². The van der Waals surface area contributed by atoms with E-state index in [2.05, 4.69) is 6.92 Å². The van der Waals surface area contributed by atoms with E-state index in [0.29, 0.717) is 23.8 Å². The van der Waals surface area contributed by atoms with Crippen LogP contribution in [0.1, 0.15) is 42.1 Å². The van der Waals surface area contributed by atoms with Gasteiger partial charge in [0.25, 0.3) is 17.7 Å². The molecule has 6 heteroatoms. The predicted octanol–water partition coefficient (Wildman–Crippen LogP) is 4.32. The molecule has 2 aromatic rings. The van der Waals surface area contributed by atoms with Crippen molar-refractivity contribution in [2.45, 2.75) is 32.7 Å². The van der Waals surface area contributed by atoms with Gasteiger partial charge in [0, 0.05) is 0 Å². The highest BCUT2D eigenvalue weighted by molar-refractivity contribution is 6.33. The Kier molecular flexibility index (Phi) is 5.41. The van der Waals surface area contributed by atoms with Crippen molar-refractivity contribution >= 4 is 29.3 Å². The number of imide groups is 1. The van der Waals surface area contributed by atoms with Gasteiger partial charge in [-0.15, -0.1) is 0 Å². The fourth-order valence-corrected chi connectivity index (χ4v) is 4.59. The Hall–Kier alpha value is -2.66. The van der Waals surface area contributed by atoms with E-state index < -0.39 is 5.91 Å². The van der Waals surface area contributed by atoms with Crippen molar-refractivity contribution < 1.29 is 14.4 Å². The van der Waals surface area contributed by atoms with Crippen molar-refractivity contribution in [2.24, 2.45) is 17.8 Å². The molecule has 4 rings (SSSR count). The average molecular weight is 411 g/mol. The molecular weight excluding hydrogens is 388 g/mol. The molecule has 0 aromatic heterocycles. The molecule has 1 heterocycles. The highest BCUT2D eigenvalue weighted by Gasteiger charge is 2.52. The predicted molar refractivity (Wildman–Crippen MR) is 110 cm³/mol. The van der Waals surface area contributed by atoms with Gasteiger partial charge in [0.15, 0.2) is 0 Å². The van der Waals surface area contributed by atoms with Gasteiger partial charge < -0.3 is 0 Å². The summed E-state index contributed by atoms with van der Waals surface area (Å²) in [6.07, 6.45) is 2.29. The number of hydrogen-bond acceptors (Lipinski definition) is 3. The number of amides is 3. The molecular formula is C23H23ClN2O3. The van der Waals surface area contributed by atoms with Gasteiger partial charge in [0.2, 0.25) is 0 Å². The fourth-order valence-electron chi connectivity index (χ4n) is 4.37. The minimum atomic E-state index is -0.451. The van der Waals surface area contributed by atoms with Crippen LogP contribution >= 0.6 is 11.6 Å². The van der Waals surface area contributed by atoms with Crippen LogP contribution in [-0.2, 0) is 16.1 Å². The Morgan fingerprint density at radius 1 is 1.00 bits per heavy atom. The second-order valence-electron chi connectivity index (χ2n) is 7.95. The highest BCUT2D eigenvalue weighted by Crippen LogP contribution is 2.41. The maximum absolute atomic E-state index is 13.4. The van der Waals surface area contributed by atoms with Crippen LogP contribution in [0.2, 0.25) is 5.02 Å². The standard InChI is InChI=1S/C23H23ClN2O3/c1-15-11-12-17-19(13-15)23(29)26(22(17)28)25(14-16-7-3-2-4-8-16)21(27)18-9-5-6-10-20(18)24/h2-10,15,17,19H,11-14H2,1H3/t15-,17-,19+/m1/s1. The van der Waals surface area contributed by atoms with E-state index in [1.165, 1.54) is 5.01 Å². The second-order valence-corrected chi connectivity index (χ2v) is 8.35. The van der Waals surface area contributed by atoms with Gasteiger partial charge in [-0.1, -0.05) is 61.0 Å². The molecule has 0 bridgehead atoms. The Morgan fingerprint density at radius 2 is 1.66 bits per heavy atom. The average Bonchev–Trinajstić information content (AvgIpc) is 2.96. The molecule has 1 aliphatic heterocycles. The molecule has 150 valence electrons. The largest absolute Gasteiger partial charge is 0.274 e. The number of nitrogens with zero attached hydrogens (tertiary/aromatic N) is 2. The molecule has 5 nitrogen and oxygen atoms in total. The number of carbonyl (C=O) groups excluding carboxylic acids is 3. The SMILES string of the molecule is C[C@@H]1CC[C@H]2C(=O)N(N(Cc3ccccc3)C(=O)c3ccccc3Cl)C(=O)[C@H]2C1. The zero-order chi connectivity index (χ0) is 20.5. The summed E-state index contributed by atoms with van der Waals surface area (Å²) in [6.45, 7) is 2.23. The van der Waals surface area contributed by atoms with Crippen LogP contribution in [0.15, 0.2) is 54.6 Å². The van der Waals surface area contributed by atoms with Crippen molar-refractivity contribution in [3.8, 4) is 0 Å². The van der Waals surface area contributed by atoms with E-state index in [1.807, 2.05) is 30.3 Å². The molecule has 3 atom stereocenters. The minimum Gasteiger partial charge on any atom is -0.272 e. The number of fused-ring (bicyclic) bond motifs is 1. The fraction of sp³-hybridized carbons (Fsp3) is 0.348. The normalized spacial score (nSPS) is 23.8. The highest BCUT2D eigenvalue weighted by atomic mass is 35.5. The lowest BCUT2D eigenvalue weighted by molar-refractivity contribution is -0.155. The Labute approximate surface area is 175 Å². The second kappa shape index (κ2) is 7.99. The molecule has 29 heavy (non-hydrogen) atoms. The molecule has 0 unspecified atom stereocenters. The Balaban J connectivity index is 1.72. The lowest BCUT2D eigenvalue weighted by Gasteiger charge is -2.31. The summed E-state index contributed by atoms with van der Waals surface area (Å²) in [7, 11) is 0. The molecule has 1 saturated heterocycles. The minimum absolute atomic E-state index is 0.122. The lowest BCUT2D eigenvalue weighted by atomic mass is 9.76. The van der Waals surface area contributed by atoms with Crippen LogP contribution in [0.5, 0.6) is 0 Å². The monoisotopic (exact) mass is 410 g/mol. The van der Waals surface area contributed by atoms with Crippen LogP contribution < -0.4 is 0 Å². The smallest absolute Gasteiger partial charge is 0.272 e. The van der Waals surface area contributed by atoms with E-state index in [9.17, 15) is 14.4 Å². The Bertz CT molecular complexity index is 946.